The van der Waals surface area contributed by atoms with Gasteiger partial charge in [0.05, 0.1) is 6.26 Å². The van der Waals surface area contributed by atoms with Gasteiger partial charge in [-0.2, -0.15) is 0 Å². The molecule has 2 aromatic heterocycles. The third-order valence-electron chi connectivity index (χ3n) is 4.55. The first-order valence-corrected chi connectivity index (χ1v) is 9.58. The quantitative estimate of drug-likeness (QED) is 0.359. The lowest BCUT2D eigenvalue weighted by Gasteiger charge is -2.33. The van der Waals surface area contributed by atoms with Gasteiger partial charge in [0.25, 0.3) is 0 Å². The molecule has 3 rings (SSSR count). The van der Waals surface area contributed by atoms with Crippen molar-refractivity contribution in [2.75, 3.05) is 31.1 Å². The lowest BCUT2D eigenvalue weighted by atomic mass is 10.1. The van der Waals surface area contributed by atoms with E-state index in [1.54, 1.807) is 6.26 Å². The molecule has 6 nitrogen and oxygen atoms in total. The molecule has 2 aromatic rings. The van der Waals surface area contributed by atoms with E-state index in [2.05, 4.69) is 38.5 Å². The van der Waals surface area contributed by atoms with Crippen LogP contribution in [0.15, 0.2) is 52.2 Å². The maximum atomic E-state index is 5.39. The number of nitrogens with zero attached hydrogens (tertiary/aromatic N) is 3. The molecule has 2 N–H and O–H groups in total. The number of rotatable bonds is 7. The Balaban J connectivity index is 0.00000261. The summed E-state index contributed by atoms with van der Waals surface area (Å²) < 4.78 is 5.39. The van der Waals surface area contributed by atoms with Gasteiger partial charge in [-0.3, -0.25) is 4.99 Å². The number of aliphatic imine (C=N–C) groups is 1. The SMILES string of the molecule is CCCN=C(NCCc1ccco1)NC1CCN(c2ccccn2)CC1.I. The molecule has 0 unspecified atom stereocenters. The lowest BCUT2D eigenvalue weighted by Crippen LogP contribution is -2.49. The van der Waals surface area contributed by atoms with Gasteiger partial charge in [-0.25, -0.2) is 4.98 Å². The maximum absolute atomic E-state index is 5.39. The Morgan fingerprint density at radius 1 is 1.26 bits per heavy atom. The number of hydrogen-bond donors (Lipinski definition) is 2. The van der Waals surface area contributed by atoms with Crippen LogP contribution in [0.5, 0.6) is 0 Å². The predicted molar refractivity (Wildman–Crippen MR) is 121 cm³/mol. The van der Waals surface area contributed by atoms with Crippen molar-refractivity contribution in [3.63, 3.8) is 0 Å². The van der Waals surface area contributed by atoms with Crippen molar-refractivity contribution in [3.05, 3.63) is 48.6 Å². The Morgan fingerprint density at radius 3 is 2.78 bits per heavy atom. The number of piperidine rings is 1. The van der Waals surface area contributed by atoms with Crippen LogP contribution >= 0.6 is 24.0 Å². The first-order valence-electron chi connectivity index (χ1n) is 9.58. The average molecular weight is 483 g/mol. The highest BCUT2D eigenvalue weighted by molar-refractivity contribution is 14.0. The van der Waals surface area contributed by atoms with E-state index in [0.29, 0.717) is 6.04 Å². The highest BCUT2D eigenvalue weighted by atomic mass is 127. The lowest BCUT2D eigenvalue weighted by molar-refractivity contribution is 0.458. The summed E-state index contributed by atoms with van der Waals surface area (Å²) in [6, 6.07) is 10.5. The second-order valence-corrected chi connectivity index (χ2v) is 6.58. The van der Waals surface area contributed by atoms with Gasteiger partial charge in [-0.1, -0.05) is 13.0 Å². The van der Waals surface area contributed by atoms with Gasteiger partial charge in [0.1, 0.15) is 11.6 Å². The van der Waals surface area contributed by atoms with Gasteiger partial charge < -0.3 is 20.0 Å². The van der Waals surface area contributed by atoms with E-state index >= 15 is 0 Å². The van der Waals surface area contributed by atoms with Gasteiger partial charge in [0.2, 0.25) is 0 Å². The Kier molecular flexibility index (Phi) is 9.44. The van der Waals surface area contributed by atoms with Crippen LogP contribution in [0.3, 0.4) is 0 Å². The van der Waals surface area contributed by atoms with Crippen LogP contribution in [-0.2, 0) is 6.42 Å². The third-order valence-corrected chi connectivity index (χ3v) is 4.55. The molecule has 27 heavy (non-hydrogen) atoms. The fraction of sp³-hybridized carbons (Fsp3) is 0.500. The van der Waals surface area contributed by atoms with Crippen molar-refractivity contribution in [1.29, 1.82) is 0 Å². The molecule has 148 valence electrons. The van der Waals surface area contributed by atoms with Gasteiger partial charge >= 0.3 is 0 Å². The van der Waals surface area contributed by atoms with E-state index in [9.17, 15) is 0 Å². The fourth-order valence-corrected chi connectivity index (χ4v) is 3.12. The molecule has 1 aliphatic rings. The summed E-state index contributed by atoms with van der Waals surface area (Å²) in [5.41, 5.74) is 0. The molecule has 0 radical (unpaired) electrons. The Labute approximate surface area is 178 Å². The number of nitrogens with one attached hydrogen (secondary N) is 2. The van der Waals surface area contributed by atoms with Crippen molar-refractivity contribution >= 4 is 35.8 Å². The number of hydrogen-bond acceptors (Lipinski definition) is 4. The van der Waals surface area contributed by atoms with Crippen LogP contribution in [0.25, 0.3) is 0 Å². The topological polar surface area (TPSA) is 65.7 Å². The van der Waals surface area contributed by atoms with E-state index in [0.717, 1.165) is 69.4 Å². The molecule has 1 fully saturated rings. The van der Waals surface area contributed by atoms with Crippen LogP contribution in [0.1, 0.15) is 31.9 Å². The minimum atomic E-state index is 0. The minimum absolute atomic E-state index is 0. The Hall–Kier alpha value is -1.77. The highest BCUT2D eigenvalue weighted by Gasteiger charge is 2.20. The summed E-state index contributed by atoms with van der Waals surface area (Å²) in [7, 11) is 0. The second kappa shape index (κ2) is 11.8. The van der Waals surface area contributed by atoms with Crippen molar-refractivity contribution in [3.8, 4) is 0 Å². The van der Waals surface area contributed by atoms with Crippen LogP contribution in [0.2, 0.25) is 0 Å². The molecule has 0 spiro atoms. The summed E-state index contributed by atoms with van der Waals surface area (Å²) in [6.07, 6.45) is 7.65. The number of guanidine groups is 1. The smallest absolute Gasteiger partial charge is 0.191 e. The molecule has 1 aliphatic heterocycles. The zero-order valence-electron chi connectivity index (χ0n) is 15.9. The first-order chi connectivity index (χ1) is 12.8. The van der Waals surface area contributed by atoms with Crippen molar-refractivity contribution in [2.24, 2.45) is 4.99 Å². The van der Waals surface area contributed by atoms with Gasteiger partial charge in [0, 0.05) is 44.8 Å². The molecule has 0 bridgehead atoms. The van der Waals surface area contributed by atoms with E-state index < -0.39 is 0 Å². The van der Waals surface area contributed by atoms with Crippen molar-refractivity contribution in [2.45, 2.75) is 38.6 Å². The summed E-state index contributed by atoms with van der Waals surface area (Å²) in [5, 5.41) is 7.04. The normalized spacial score (nSPS) is 15.3. The summed E-state index contributed by atoms with van der Waals surface area (Å²) in [5.74, 6) is 2.98. The Bertz CT molecular complexity index is 654. The predicted octanol–water partition coefficient (Wildman–Crippen LogP) is 3.45. The largest absolute Gasteiger partial charge is 0.469 e. The molecule has 1 saturated heterocycles. The molecule has 0 aliphatic carbocycles. The molecule has 0 aromatic carbocycles. The van der Waals surface area contributed by atoms with E-state index in [1.807, 2.05) is 30.5 Å². The van der Waals surface area contributed by atoms with Gasteiger partial charge in [-0.15, -0.1) is 24.0 Å². The van der Waals surface area contributed by atoms with Crippen molar-refractivity contribution < 1.29 is 4.42 Å². The molecule has 0 amide bonds. The van der Waals surface area contributed by atoms with Crippen molar-refractivity contribution in [1.82, 2.24) is 15.6 Å². The zero-order chi connectivity index (χ0) is 18.0. The van der Waals surface area contributed by atoms with Gasteiger partial charge in [0.15, 0.2) is 5.96 Å². The molecular formula is C20H30IN5O. The molecule has 7 heteroatoms. The number of aromatic nitrogens is 1. The highest BCUT2D eigenvalue weighted by Crippen LogP contribution is 2.17. The van der Waals surface area contributed by atoms with E-state index in [-0.39, 0.29) is 24.0 Å². The second-order valence-electron chi connectivity index (χ2n) is 6.58. The zero-order valence-corrected chi connectivity index (χ0v) is 18.3. The fourth-order valence-electron chi connectivity index (χ4n) is 3.12. The van der Waals surface area contributed by atoms with E-state index in [4.69, 9.17) is 4.42 Å². The standard InChI is InChI=1S/C20H29N5O.HI/c1-2-11-22-20(23-13-8-18-6-5-16-26-18)24-17-9-14-25(15-10-17)19-7-3-4-12-21-19;/h3-7,12,16-17H,2,8-11,13-15H2,1H3,(H2,22,23,24);1H. The summed E-state index contributed by atoms with van der Waals surface area (Å²) >= 11 is 0. The van der Waals surface area contributed by atoms with E-state index in [1.165, 1.54) is 0 Å². The average Bonchev–Trinajstić information content (AvgIpc) is 3.21. The molecule has 0 atom stereocenters. The maximum Gasteiger partial charge on any atom is 0.191 e. The summed E-state index contributed by atoms with van der Waals surface area (Å²) in [6.45, 7) is 5.83. The Morgan fingerprint density at radius 2 is 2.11 bits per heavy atom. The number of pyridine rings is 1. The number of anilines is 1. The summed E-state index contributed by atoms with van der Waals surface area (Å²) in [4.78, 5) is 11.5. The van der Waals surface area contributed by atoms with Gasteiger partial charge in [-0.05, 0) is 43.5 Å². The third kappa shape index (κ3) is 7.04. The number of halogens is 1. The van der Waals surface area contributed by atoms with Crippen LogP contribution in [-0.4, -0.2) is 43.2 Å². The minimum Gasteiger partial charge on any atom is -0.469 e. The molecule has 0 saturated carbocycles. The van der Waals surface area contributed by atoms with Crippen LogP contribution < -0.4 is 15.5 Å². The van der Waals surface area contributed by atoms with Crippen LogP contribution in [0, 0.1) is 0 Å². The first kappa shape index (κ1) is 21.5. The number of furan rings is 1. The van der Waals surface area contributed by atoms with Crippen LogP contribution in [0.4, 0.5) is 5.82 Å². The molecule has 3 heterocycles. The molecular weight excluding hydrogens is 453 g/mol. The monoisotopic (exact) mass is 483 g/mol.